The summed E-state index contributed by atoms with van der Waals surface area (Å²) < 4.78 is 0. The summed E-state index contributed by atoms with van der Waals surface area (Å²) in [4.78, 5) is 45.7. The summed E-state index contributed by atoms with van der Waals surface area (Å²) >= 11 is 1.85. The third kappa shape index (κ3) is 17.9. The first-order chi connectivity index (χ1) is 43.8. The Balaban J connectivity index is 1.37. The van der Waals surface area contributed by atoms with Crippen LogP contribution in [0.2, 0.25) is 0 Å². The van der Waals surface area contributed by atoms with Crippen molar-refractivity contribution >= 4 is 55.5 Å². The normalized spacial score (nSPS) is 12.1. The molecule has 4 aromatic heterocycles. The number of benzene rings is 3. The smallest absolute Gasteiger partial charge is 0.165 e. The maximum absolute atomic E-state index is 6.00. The van der Waals surface area contributed by atoms with Crippen LogP contribution < -0.4 is 0 Å². The Labute approximate surface area is 542 Å². The number of aromatic amines is 2. The Bertz CT molecular complexity index is 3280. The van der Waals surface area contributed by atoms with Crippen LogP contribution in [-0.4, -0.2) is 39.9 Å². The summed E-state index contributed by atoms with van der Waals surface area (Å²) in [5.74, 6) is 3.06. The molecule has 0 aliphatic carbocycles. The van der Waals surface area contributed by atoms with Crippen LogP contribution >= 0.6 is 11.3 Å². The molecule has 0 amide bonds. The fraction of sp³-hybridized carbons (Fsp3) is 0.625. The summed E-state index contributed by atoms with van der Waals surface area (Å²) in [6, 6.07) is 14.7. The lowest BCUT2D eigenvalue weighted by Gasteiger charge is -2.13. The number of nitrogens with zero attached hydrogens (tertiary/aromatic N) is 6. The van der Waals surface area contributed by atoms with Gasteiger partial charge in [-0.05, 0) is 124 Å². The van der Waals surface area contributed by atoms with Gasteiger partial charge in [-0.15, -0.1) is 11.3 Å². The number of aryl methyl sites for hydroxylation is 8. The van der Waals surface area contributed by atoms with Gasteiger partial charge in [-0.3, -0.25) is 0 Å². The highest BCUT2D eigenvalue weighted by Gasteiger charge is 2.30. The van der Waals surface area contributed by atoms with Crippen LogP contribution in [0.4, 0.5) is 0 Å². The molecule has 9 rings (SSSR count). The fourth-order valence-electron chi connectivity index (χ4n) is 14.7. The molecule has 0 atom stereocenters. The minimum Gasteiger partial charge on any atom is -0.324 e. The number of thiophene rings is 1. The molecule has 0 saturated heterocycles. The zero-order valence-corrected chi connectivity index (χ0v) is 58.1. The van der Waals surface area contributed by atoms with Crippen LogP contribution in [0.25, 0.3) is 89.7 Å². The third-order valence-electron chi connectivity index (χ3n) is 19.8. The minimum absolute atomic E-state index is 0.741. The number of unbranched alkanes of at least 4 members (excludes halogenated alkanes) is 30. The Morgan fingerprint density at radius 2 is 0.449 bits per heavy atom. The van der Waals surface area contributed by atoms with Gasteiger partial charge in [0.05, 0.1) is 0 Å². The van der Waals surface area contributed by atoms with Crippen molar-refractivity contribution in [3.05, 3.63) is 79.5 Å². The van der Waals surface area contributed by atoms with Crippen LogP contribution in [0.15, 0.2) is 36.4 Å². The van der Waals surface area contributed by atoms with Gasteiger partial charge in [-0.1, -0.05) is 271 Å². The van der Waals surface area contributed by atoms with Crippen molar-refractivity contribution in [2.75, 3.05) is 0 Å². The predicted molar refractivity (Wildman–Crippen MR) is 386 cm³/mol. The molecular weight excluding hydrogens is 1110 g/mol. The molecule has 7 aromatic rings. The van der Waals surface area contributed by atoms with E-state index in [0.29, 0.717) is 0 Å². The predicted octanol–water partition coefficient (Wildman–Crippen LogP) is 25.0. The maximum atomic E-state index is 6.00. The van der Waals surface area contributed by atoms with Gasteiger partial charge in [0, 0.05) is 53.6 Å². The van der Waals surface area contributed by atoms with Crippen molar-refractivity contribution < 1.29 is 0 Å². The van der Waals surface area contributed by atoms with Gasteiger partial charge in [0.25, 0.3) is 0 Å². The van der Waals surface area contributed by atoms with Gasteiger partial charge in [-0.2, -0.15) is 0 Å². The number of aromatic nitrogens is 8. The first-order valence-corrected chi connectivity index (χ1v) is 38.0. The van der Waals surface area contributed by atoms with Gasteiger partial charge in [-0.25, -0.2) is 29.9 Å². The third-order valence-corrected chi connectivity index (χ3v) is 20.8. The summed E-state index contributed by atoms with van der Waals surface area (Å²) in [5.41, 5.74) is 16.2. The number of hydrogen-bond acceptors (Lipinski definition) is 7. The molecular formula is C80H116N8S. The highest BCUT2D eigenvalue weighted by Crippen LogP contribution is 2.46. The van der Waals surface area contributed by atoms with Crippen molar-refractivity contribution in [1.29, 1.82) is 0 Å². The topological polar surface area (TPSA) is 109 Å². The van der Waals surface area contributed by atoms with E-state index in [1.165, 1.54) is 268 Å². The van der Waals surface area contributed by atoms with Crippen LogP contribution in [0, 0.1) is 13.8 Å². The largest absolute Gasteiger partial charge is 0.324 e. The number of fused-ring (bicyclic) bond motifs is 20. The Morgan fingerprint density at radius 1 is 0.247 bits per heavy atom. The highest BCUT2D eigenvalue weighted by atomic mass is 32.1. The molecule has 0 unspecified atom stereocenters. The number of H-pyrrole nitrogens is 2. The van der Waals surface area contributed by atoms with E-state index in [4.69, 9.17) is 29.9 Å². The van der Waals surface area contributed by atoms with Gasteiger partial charge >= 0.3 is 0 Å². The molecule has 0 spiro atoms. The summed E-state index contributed by atoms with van der Waals surface area (Å²) in [7, 11) is 0. The van der Waals surface area contributed by atoms with Crippen LogP contribution in [-0.2, 0) is 38.5 Å². The summed E-state index contributed by atoms with van der Waals surface area (Å²) in [5, 5.41) is 4.84. The lowest BCUT2D eigenvalue weighted by Crippen LogP contribution is -1.98. The molecule has 89 heavy (non-hydrogen) atoms. The zero-order valence-electron chi connectivity index (χ0n) is 57.3. The SMILES string of the molecule is CCCCCCCCc1ccc(CCCCCCCC)c2c1-c1nc-2nc2[nH]c(nc3nc(nc4[nH]c(n1)c1c(CCCCCCCC)ccc(CCCCCCCC)c41)-c1c(C)sc(C)c1-3)c1c(CCCCCCCC)ccc(CCCCCCCC)c21. The van der Waals surface area contributed by atoms with E-state index in [9.17, 15) is 0 Å². The van der Waals surface area contributed by atoms with E-state index < -0.39 is 0 Å². The molecule has 2 N–H and O–H groups in total. The van der Waals surface area contributed by atoms with E-state index in [0.717, 1.165) is 134 Å². The van der Waals surface area contributed by atoms with Crippen LogP contribution in [0.3, 0.4) is 0 Å². The minimum atomic E-state index is 0.741. The monoisotopic (exact) mass is 1220 g/mol. The molecule has 0 saturated carbocycles. The second kappa shape index (κ2) is 36.1. The van der Waals surface area contributed by atoms with Crippen molar-refractivity contribution in [2.24, 2.45) is 0 Å². The molecule has 0 fully saturated rings. The van der Waals surface area contributed by atoms with Gasteiger partial charge in [0.2, 0.25) is 0 Å². The Morgan fingerprint density at radius 3 is 0.697 bits per heavy atom. The van der Waals surface area contributed by atoms with Crippen molar-refractivity contribution in [1.82, 2.24) is 39.9 Å². The van der Waals surface area contributed by atoms with E-state index in [1.54, 1.807) is 0 Å². The van der Waals surface area contributed by atoms with Crippen LogP contribution in [0.5, 0.6) is 0 Å². The molecule has 2 aliphatic heterocycles. The molecule has 6 heterocycles. The zero-order chi connectivity index (χ0) is 62.2. The quantitative estimate of drug-likeness (QED) is 0.0369. The first-order valence-electron chi connectivity index (χ1n) is 37.2. The molecule has 482 valence electrons. The van der Waals surface area contributed by atoms with E-state index in [2.05, 4.69) is 102 Å². The number of hydrogen-bond donors (Lipinski definition) is 2. The Kier molecular flexibility index (Phi) is 27.6. The van der Waals surface area contributed by atoms with Gasteiger partial charge < -0.3 is 9.97 Å². The van der Waals surface area contributed by atoms with Crippen LogP contribution in [0.1, 0.15) is 316 Å². The Hall–Kier alpha value is -5.28. The number of rotatable bonds is 42. The van der Waals surface area contributed by atoms with Gasteiger partial charge in [0.1, 0.15) is 22.6 Å². The van der Waals surface area contributed by atoms with Crippen molar-refractivity contribution in [3.63, 3.8) is 0 Å². The average Bonchev–Trinajstić information content (AvgIpc) is 1.80. The van der Waals surface area contributed by atoms with Crippen molar-refractivity contribution in [3.8, 4) is 45.6 Å². The summed E-state index contributed by atoms with van der Waals surface area (Å²) in [6.07, 6.45) is 51.1. The lowest BCUT2D eigenvalue weighted by atomic mass is 9.91. The standard InChI is InChI=1S/C80H116N8S/c1-9-15-21-27-33-39-45-59-51-53-61(47-41-35-29-23-17-11-3)69-67(59)75-82-73-65-57(7)89-58(8)66(65)74(81-73)83-76-68-60(46-40-34-28-22-16-10-2)52-54-62(48-42-36-30-24-18-12-4)70(68)78(85-76)87-80-72-64(50-44-38-32-26-20-14-6)56-55-63(49-43-37-31-25-19-13-5)71(72)79(88-80)86-77(69)84-75/h51-56H,9-50H2,1-8H3,(H2,81,82,83,84,85,86,87,88). The van der Waals surface area contributed by atoms with E-state index in [-0.39, 0.29) is 0 Å². The molecule has 8 nitrogen and oxygen atoms in total. The highest BCUT2D eigenvalue weighted by molar-refractivity contribution is 7.13. The molecule has 9 heteroatoms. The number of nitrogens with one attached hydrogen (secondary N) is 2. The van der Waals surface area contributed by atoms with E-state index in [1.807, 2.05) is 11.3 Å². The molecule has 8 bridgehead atoms. The van der Waals surface area contributed by atoms with Crippen molar-refractivity contribution in [2.45, 2.75) is 325 Å². The average molecular weight is 1220 g/mol. The maximum Gasteiger partial charge on any atom is 0.165 e. The fourth-order valence-corrected chi connectivity index (χ4v) is 15.7. The first kappa shape index (κ1) is 68.1. The molecule has 3 aromatic carbocycles. The summed E-state index contributed by atoms with van der Waals surface area (Å²) in [6.45, 7) is 18.4. The van der Waals surface area contributed by atoms with E-state index >= 15 is 0 Å². The second-order valence-electron chi connectivity index (χ2n) is 27.1. The van der Waals surface area contributed by atoms with Gasteiger partial charge in [0.15, 0.2) is 23.3 Å². The molecule has 2 aliphatic rings. The lowest BCUT2D eigenvalue weighted by molar-refractivity contribution is 0.606. The second-order valence-corrected chi connectivity index (χ2v) is 28.5. The molecule has 0 radical (unpaired) electrons.